The molecule has 0 bridgehead atoms. The van der Waals surface area contributed by atoms with E-state index >= 15 is 0 Å². The molecule has 122 valence electrons. The van der Waals surface area contributed by atoms with Gasteiger partial charge in [-0.3, -0.25) is 4.79 Å². The first kappa shape index (κ1) is 17.2. The van der Waals surface area contributed by atoms with Crippen molar-refractivity contribution >= 4 is 22.0 Å². The molecule has 1 aromatic carbocycles. The molecular weight excluding hydrogens is 316 g/mol. The second-order valence-corrected chi connectivity index (χ2v) is 7.14. The molecular formula is C16H18N2O4S. The number of hydrogen-bond acceptors (Lipinski definition) is 5. The highest BCUT2D eigenvalue weighted by Crippen LogP contribution is 2.16. The minimum atomic E-state index is -3.66. The number of ether oxygens (including phenoxy) is 1. The molecule has 1 aromatic rings. The molecule has 1 aliphatic heterocycles. The number of sulfonamides is 1. The van der Waals surface area contributed by atoms with E-state index in [1.807, 2.05) is 10.8 Å². The molecule has 0 aliphatic carbocycles. The molecule has 7 heteroatoms. The van der Waals surface area contributed by atoms with Crippen LogP contribution in [0.5, 0.6) is 0 Å². The third-order valence-electron chi connectivity index (χ3n) is 3.49. The number of amides is 1. The lowest BCUT2D eigenvalue weighted by Crippen LogP contribution is -2.35. The van der Waals surface area contributed by atoms with Crippen molar-refractivity contribution in [1.29, 1.82) is 5.26 Å². The molecule has 1 N–H and O–H groups in total. The summed E-state index contributed by atoms with van der Waals surface area (Å²) >= 11 is 0. The summed E-state index contributed by atoms with van der Waals surface area (Å²) in [5.41, 5.74) is 1.13. The van der Waals surface area contributed by atoms with E-state index in [-0.39, 0.29) is 11.7 Å². The normalized spacial score (nSPS) is 16.1. The maximum absolute atomic E-state index is 12.0. The van der Waals surface area contributed by atoms with Crippen molar-refractivity contribution in [3.63, 3.8) is 0 Å². The highest BCUT2D eigenvalue weighted by Gasteiger charge is 2.22. The van der Waals surface area contributed by atoms with Gasteiger partial charge in [0.25, 0.3) is 5.91 Å². The molecule has 1 saturated heterocycles. The predicted molar refractivity (Wildman–Crippen MR) is 85.7 cm³/mol. The molecule has 2 rings (SSSR count). The van der Waals surface area contributed by atoms with E-state index in [9.17, 15) is 13.2 Å². The first-order valence-corrected chi connectivity index (χ1v) is 8.94. The Morgan fingerprint density at radius 2 is 2.13 bits per heavy atom. The van der Waals surface area contributed by atoms with E-state index in [0.717, 1.165) is 6.08 Å². The van der Waals surface area contributed by atoms with Crippen molar-refractivity contribution in [1.82, 2.24) is 4.72 Å². The standard InChI is InChI=1S/C16H18N2O4S/c17-11-15-3-1-2-13(10-15)4-5-16(19)18-23(20,21)12-14-6-8-22-9-7-14/h1-5,10,14H,6-9,12H2,(H,18,19). The van der Waals surface area contributed by atoms with Crippen molar-refractivity contribution in [3.8, 4) is 6.07 Å². The van der Waals surface area contributed by atoms with Gasteiger partial charge in [-0.1, -0.05) is 12.1 Å². The van der Waals surface area contributed by atoms with Gasteiger partial charge in [0.2, 0.25) is 10.0 Å². The molecule has 0 saturated carbocycles. The van der Waals surface area contributed by atoms with Crippen LogP contribution in [0.2, 0.25) is 0 Å². The molecule has 1 heterocycles. The lowest BCUT2D eigenvalue weighted by atomic mass is 10.0. The van der Waals surface area contributed by atoms with E-state index in [1.54, 1.807) is 24.3 Å². The summed E-state index contributed by atoms with van der Waals surface area (Å²) < 4.78 is 31.2. The van der Waals surface area contributed by atoms with Gasteiger partial charge in [0.15, 0.2) is 0 Å². The molecule has 6 nitrogen and oxygen atoms in total. The number of rotatable bonds is 5. The van der Waals surface area contributed by atoms with E-state index in [0.29, 0.717) is 37.2 Å². The van der Waals surface area contributed by atoms with Gasteiger partial charge in [0.1, 0.15) is 0 Å². The van der Waals surface area contributed by atoms with Crippen LogP contribution in [-0.2, 0) is 19.6 Å². The summed E-state index contributed by atoms with van der Waals surface area (Å²) in [4.78, 5) is 11.8. The Bertz CT molecular complexity index is 729. The average molecular weight is 334 g/mol. The monoisotopic (exact) mass is 334 g/mol. The van der Waals surface area contributed by atoms with Gasteiger partial charge < -0.3 is 4.74 Å². The van der Waals surface area contributed by atoms with Gasteiger partial charge >= 0.3 is 0 Å². The highest BCUT2D eigenvalue weighted by molar-refractivity contribution is 7.90. The largest absolute Gasteiger partial charge is 0.381 e. The molecule has 1 fully saturated rings. The zero-order valence-electron chi connectivity index (χ0n) is 12.6. The fourth-order valence-electron chi connectivity index (χ4n) is 2.34. The molecule has 0 aromatic heterocycles. The van der Waals surface area contributed by atoms with Crippen molar-refractivity contribution < 1.29 is 17.9 Å². The Kier molecular flexibility index (Phi) is 5.90. The summed E-state index contributed by atoms with van der Waals surface area (Å²) in [6, 6.07) is 8.67. The third kappa shape index (κ3) is 5.85. The zero-order valence-corrected chi connectivity index (χ0v) is 13.4. The minimum absolute atomic E-state index is 0.0188. The maximum Gasteiger partial charge on any atom is 0.257 e. The average Bonchev–Trinajstić information content (AvgIpc) is 2.53. The van der Waals surface area contributed by atoms with Gasteiger partial charge in [-0.25, -0.2) is 13.1 Å². The van der Waals surface area contributed by atoms with Crippen LogP contribution in [0.25, 0.3) is 6.08 Å². The van der Waals surface area contributed by atoms with E-state index < -0.39 is 15.9 Å². The van der Waals surface area contributed by atoms with Crippen LogP contribution in [0.15, 0.2) is 30.3 Å². The smallest absolute Gasteiger partial charge is 0.257 e. The molecule has 0 spiro atoms. The summed E-state index contributed by atoms with van der Waals surface area (Å²) in [5, 5.41) is 8.81. The van der Waals surface area contributed by atoms with Crippen LogP contribution in [0, 0.1) is 17.2 Å². The van der Waals surface area contributed by atoms with Crippen LogP contribution in [0.1, 0.15) is 24.0 Å². The quantitative estimate of drug-likeness (QED) is 0.822. The second-order valence-electron chi connectivity index (χ2n) is 5.37. The second kappa shape index (κ2) is 7.90. The van der Waals surface area contributed by atoms with Crippen molar-refractivity contribution in [2.24, 2.45) is 5.92 Å². The van der Waals surface area contributed by atoms with Crippen LogP contribution in [0.3, 0.4) is 0 Å². The molecule has 0 atom stereocenters. The molecule has 0 radical (unpaired) electrons. The fourth-order valence-corrected chi connectivity index (χ4v) is 3.75. The van der Waals surface area contributed by atoms with Crippen molar-refractivity contribution in [2.45, 2.75) is 12.8 Å². The molecule has 1 amide bonds. The molecule has 1 aliphatic rings. The van der Waals surface area contributed by atoms with Gasteiger partial charge in [-0.2, -0.15) is 5.26 Å². The fraction of sp³-hybridized carbons (Fsp3) is 0.375. The van der Waals surface area contributed by atoms with Crippen LogP contribution in [-0.4, -0.2) is 33.3 Å². The summed E-state index contributed by atoms with van der Waals surface area (Å²) in [6.07, 6.45) is 4.00. The van der Waals surface area contributed by atoms with Crippen LogP contribution >= 0.6 is 0 Å². The van der Waals surface area contributed by atoms with Crippen LogP contribution in [0.4, 0.5) is 0 Å². The Hall–Kier alpha value is -2.17. The van der Waals surface area contributed by atoms with Gasteiger partial charge in [0, 0.05) is 19.3 Å². The Labute approximate surface area is 135 Å². The van der Waals surface area contributed by atoms with Gasteiger partial charge in [-0.05, 0) is 42.5 Å². The number of hydrogen-bond donors (Lipinski definition) is 1. The molecule has 0 unspecified atom stereocenters. The number of carbonyl (C=O) groups is 1. The lowest BCUT2D eigenvalue weighted by Gasteiger charge is -2.21. The highest BCUT2D eigenvalue weighted by atomic mass is 32.2. The summed E-state index contributed by atoms with van der Waals surface area (Å²) in [6.45, 7) is 1.12. The Balaban J connectivity index is 1.92. The number of nitrogens with zero attached hydrogens (tertiary/aromatic N) is 1. The maximum atomic E-state index is 12.0. The molecule has 23 heavy (non-hydrogen) atoms. The first-order chi connectivity index (χ1) is 11.0. The predicted octanol–water partition coefficient (Wildman–Crippen LogP) is 1.44. The van der Waals surface area contributed by atoms with Crippen LogP contribution < -0.4 is 4.72 Å². The Morgan fingerprint density at radius 1 is 1.39 bits per heavy atom. The summed E-state index contributed by atoms with van der Waals surface area (Å²) in [5.74, 6) is -0.746. The van der Waals surface area contributed by atoms with E-state index in [2.05, 4.69) is 0 Å². The number of carbonyl (C=O) groups excluding carboxylic acids is 1. The lowest BCUT2D eigenvalue weighted by molar-refractivity contribution is -0.114. The van der Waals surface area contributed by atoms with Gasteiger partial charge in [-0.15, -0.1) is 0 Å². The van der Waals surface area contributed by atoms with E-state index in [1.165, 1.54) is 6.08 Å². The third-order valence-corrected chi connectivity index (χ3v) is 4.92. The number of nitriles is 1. The summed E-state index contributed by atoms with van der Waals surface area (Å²) in [7, 11) is -3.66. The SMILES string of the molecule is N#Cc1cccc(C=CC(=O)NS(=O)(=O)CC2CCOCC2)c1. The van der Waals surface area contributed by atoms with Crippen molar-refractivity contribution in [3.05, 3.63) is 41.5 Å². The Morgan fingerprint density at radius 3 is 2.83 bits per heavy atom. The van der Waals surface area contributed by atoms with Crippen molar-refractivity contribution in [2.75, 3.05) is 19.0 Å². The topological polar surface area (TPSA) is 96.3 Å². The number of benzene rings is 1. The minimum Gasteiger partial charge on any atom is -0.381 e. The number of nitrogens with one attached hydrogen (secondary N) is 1. The zero-order chi connectivity index (χ0) is 16.7. The van der Waals surface area contributed by atoms with E-state index in [4.69, 9.17) is 10.00 Å². The van der Waals surface area contributed by atoms with Gasteiger partial charge in [0.05, 0.1) is 17.4 Å². The first-order valence-electron chi connectivity index (χ1n) is 7.29.